The van der Waals surface area contributed by atoms with Crippen LogP contribution in [0.1, 0.15) is 25.5 Å². The van der Waals surface area contributed by atoms with Gasteiger partial charge in [-0.25, -0.2) is 0 Å². The standard InChI is InChI=1S/C17H20ClN3O2.ClH/c1-2-5-15(19)17(22)21-12-7-8-16(14(18)10-12)23-11-13-6-3-4-9-20-13;/h3-4,6-10,15H,2,5,11,19H2,1H3,(H,21,22);1H. The SMILES string of the molecule is CCCC(N)C(=O)Nc1ccc(OCc2ccccn2)c(Cl)c1.Cl. The van der Waals surface area contributed by atoms with Gasteiger partial charge in [-0.05, 0) is 36.8 Å². The molecule has 0 aliphatic carbocycles. The normalized spacial score (nSPS) is 11.3. The molecule has 1 atom stereocenters. The molecule has 0 fully saturated rings. The highest BCUT2D eigenvalue weighted by atomic mass is 35.5. The smallest absolute Gasteiger partial charge is 0.241 e. The second-order valence-electron chi connectivity index (χ2n) is 5.14. The van der Waals surface area contributed by atoms with Gasteiger partial charge in [-0.3, -0.25) is 9.78 Å². The second kappa shape index (κ2) is 10.1. The first-order chi connectivity index (χ1) is 11.1. The van der Waals surface area contributed by atoms with Gasteiger partial charge in [0.05, 0.1) is 16.8 Å². The van der Waals surface area contributed by atoms with Gasteiger partial charge in [0.2, 0.25) is 5.91 Å². The van der Waals surface area contributed by atoms with E-state index in [0.29, 0.717) is 29.5 Å². The summed E-state index contributed by atoms with van der Waals surface area (Å²) in [6, 6.07) is 10.2. The number of amides is 1. The van der Waals surface area contributed by atoms with Crippen LogP contribution in [-0.2, 0) is 11.4 Å². The number of nitrogens with one attached hydrogen (secondary N) is 1. The molecule has 7 heteroatoms. The first-order valence-electron chi connectivity index (χ1n) is 7.49. The number of nitrogens with two attached hydrogens (primary N) is 1. The molecule has 130 valence electrons. The molecule has 0 radical (unpaired) electrons. The summed E-state index contributed by atoms with van der Waals surface area (Å²) in [5, 5.41) is 3.17. The predicted octanol–water partition coefficient (Wildman–Crippen LogP) is 3.80. The minimum Gasteiger partial charge on any atom is -0.486 e. The fourth-order valence-corrected chi connectivity index (χ4v) is 2.24. The molecule has 1 aromatic carbocycles. The minimum absolute atomic E-state index is 0. The monoisotopic (exact) mass is 369 g/mol. The number of ether oxygens (including phenoxy) is 1. The molecule has 0 spiro atoms. The molecule has 0 aliphatic heterocycles. The zero-order chi connectivity index (χ0) is 16.7. The number of carbonyl (C=O) groups excluding carboxylic acids is 1. The van der Waals surface area contributed by atoms with E-state index in [1.54, 1.807) is 24.4 Å². The molecule has 1 unspecified atom stereocenters. The summed E-state index contributed by atoms with van der Waals surface area (Å²) in [6.45, 7) is 2.31. The van der Waals surface area contributed by atoms with Crippen molar-refractivity contribution in [1.29, 1.82) is 0 Å². The maximum Gasteiger partial charge on any atom is 0.241 e. The molecular formula is C17H21Cl2N3O2. The Kier molecular flexibility index (Phi) is 8.54. The van der Waals surface area contributed by atoms with Crippen LogP contribution in [0.5, 0.6) is 5.75 Å². The van der Waals surface area contributed by atoms with Crippen LogP contribution in [0.4, 0.5) is 5.69 Å². The van der Waals surface area contributed by atoms with Gasteiger partial charge in [0.1, 0.15) is 12.4 Å². The average molecular weight is 370 g/mol. The number of hydrogen-bond acceptors (Lipinski definition) is 4. The summed E-state index contributed by atoms with van der Waals surface area (Å²) < 4.78 is 5.64. The Morgan fingerprint density at radius 1 is 1.38 bits per heavy atom. The van der Waals surface area contributed by atoms with E-state index >= 15 is 0 Å². The first-order valence-corrected chi connectivity index (χ1v) is 7.86. The topological polar surface area (TPSA) is 77.2 Å². The third-order valence-electron chi connectivity index (χ3n) is 3.24. The van der Waals surface area contributed by atoms with Crippen LogP contribution in [0.2, 0.25) is 5.02 Å². The second-order valence-corrected chi connectivity index (χ2v) is 5.55. The molecule has 1 heterocycles. The van der Waals surface area contributed by atoms with Gasteiger partial charge in [0.15, 0.2) is 0 Å². The van der Waals surface area contributed by atoms with E-state index in [4.69, 9.17) is 22.1 Å². The highest BCUT2D eigenvalue weighted by Gasteiger charge is 2.13. The van der Waals surface area contributed by atoms with Crippen LogP contribution in [0, 0.1) is 0 Å². The van der Waals surface area contributed by atoms with Crippen LogP contribution < -0.4 is 15.8 Å². The highest BCUT2D eigenvalue weighted by Crippen LogP contribution is 2.28. The number of aromatic nitrogens is 1. The van der Waals surface area contributed by atoms with Gasteiger partial charge < -0.3 is 15.8 Å². The van der Waals surface area contributed by atoms with Crippen molar-refractivity contribution in [2.24, 2.45) is 5.73 Å². The summed E-state index contributed by atoms with van der Waals surface area (Å²) in [7, 11) is 0. The zero-order valence-corrected chi connectivity index (χ0v) is 14.9. The predicted molar refractivity (Wildman–Crippen MR) is 98.8 cm³/mol. The van der Waals surface area contributed by atoms with E-state index in [9.17, 15) is 4.79 Å². The Labute approximate surface area is 153 Å². The van der Waals surface area contributed by atoms with Crippen LogP contribution in [0.3, 0.4) is 0 Å². The maximum absolute atomic E-state index is 11.9. The van der Waals surface area contributed by atoms with Crippen molar-refractivity contribution in [2.45, 2.75) is 32.4 Å². The van der Waals surface area contributed by atoms with Gasteiger partial charge >= 0.3 is 0 Å². The van der Waals surface area contributed by atoms with Crippen molar-refractivity contribution in [3.63, 3.8) is 0 Å². The van der Waals surface area contributed by atoms with Gasteiger partial charge in [-0.2, -0.15) is 0 Å². The Balaban J connectivity index is 0.00000288. The van der Waals surface area contributed by atoms with Crippen LogP contribution in [0.25, 0.3) is 0 Å². The van der Waals surface area contributed by atoms with Gasteiger partial charge in [-0.1, -0.05) is 31.0 Å². The third kappa shape index (κ3) is 6.00. The minimum atomic E-state index is -0.515. The maximum atomic E-state index is 11.9. The lowest BCUT2D eigenvalue weighted by Gasteiger charge is -2.13. The van der Waals surface area contributed by atoms with Crippen LogP contribution in [0.15, 0.2) is 42.6 Å². The number of benzene rings is 1. The van der Waals surface area contributed by atoms with E-state index in [-0.39, 0.29) is 18.3 Å². The number of hydrogen-bond donors (Lipinski definition) is 2. The largest absolute Gasteiger partial charge is 0.486 e. The fourth-order valence-electron chi connectivity index (χ4n) is 2.01. The summed E-state index contributed by atoms with van der Waals surface area (Å²) >= 11 is 6.19. The molecule has 3 N–H and O–H groups in total. The van der Waals surface area contributed by atoms with Gasteiger partial charge in [0, 0.05) is 11.9 Å². The molecule has 5 nitrogen and oxygen atoms in total. The quantitative estimate of drug-likeness (QED) is 0.777. The Bertz CT molecular complexity index is 654. The zero-order valence-electron chi connectivity index (χ0n) is 13.4. The average Bonchev–Trinajstić information content (AvgIpc) is 2.55. The summed E-state index contributed by atoms with van der Waals surface area (Å²) in [4.78, 5) is 16.1. The van der Waals surface area contributed by atoms with Crippen molar-refractivity contribution in [2.75, 3.05) is 5.32 Å². The third-order valence-corrected chi connectivity index (χ3v) is 3.53. The van der Waals surface area contributed by atoms with E-state index in [1.807, 2.05) is 25.1 Å². The number of nitrogens with zero attached hydrogens (tertiary/aromatic N) is 1. The summed E-state index contributed by atoms with van der Waals surface area (Å²) in [6.07, 6.45) is 3.21. The number of pyridine rings is 1. The lowest BCUT2D eigenvalue weighted by atomic mass is 10.1. The van der Waals surface area contributed by atoms with E-state index in [0.717, 1.165) is 12.1 Å². The van der Waals surface area contributed by atoms with Crippen molar-refractivity contribution in [3.05, 3.63) is 53.3 Å². The molecule has 1 amide bonds. The molecule has 1 aromatic heterocycles. The van der Waals surface area contributed by atoms with E-state index in [1.165, 1.54) is 0 Å². The number of anilines is 1. The van der Waals surface area contributed by atoms with Crippen molar-refractivity contribution >= 4 is 35.6 Å². The van der Waals surface area contributed by atoms with Crippen molar-refractivity contribution in [1.82, 2.24) is 4.98 Å². The number of carbonyl (C=O) groups is 1. The summed E-state index contributed by atoms with van der Waals surface area (Å²) in [5.74, 6) is 0.318. The first kappa shape index (κ1) is 20.2. The van der Waals surface area contributed by atoms with Crippen molar-refractivity contribution < 1.29 is 9.53 Å². The van der Waals surface area contributed by atoms with Crippen molar-refractivity contribution in [3.8, 4) is 5.75 Å². The fraction of sp³-hybridized carbons (Fsp3) is 0.294. The lowest BCUT2D eigenvalue weighted by Crippen LogP contribution is -2.35. The van der Waals surface area contributed by atoms with Gasteiger partial charge in [-0.15, -0.1) is 12.4 Å². The van der Waals surface area contributed by atoms with Gasteiger partial charge in [0.25, 0.3) is 0 Å². The molecule has 0 bridgehead atoms. The Morgan fingerprint density at radius 3 is 2.79 bits per heavy atom. The molecule has 0 aliphatic rings. The highest BCUT2D eigenvalue weighted by molar-refractivity contribution is 6.32. The molecule has 2 aromatic rings. The van der Waals surface area contributed by atoms with E-state index < -0.39 is 6.04 Å². The molecular weight excluding hydrogens is 349 g/mol. The number of rotatable bonds is 7. The number of halogens is 2. The molecule has 0 saturated carbocycles. The Morgan fingerprint density at radius 2 is 2.17 bits per heavy atom. The molecule has 0 saturated heterocycles. The van der Waals surface area contributed by atoms with E-state index in [2.05, 4.69) is 10.3 Å². The Hall–Kier alpha value is -1.82. The summed E-state index contributed by atoms with van der Waals surface area (Å²) in [5.41, 5.74) is 7.18. The molecule has 24 heavy (non-hydrogen) atoms. The van der Waals surface area contributed by atoms with Crippen LogP contribution in [-0.4, -0.2) is 16.9 Å². The van der Waals surface area contributed by atoms with Crippen LogP contribution >= 0.6 is 24.0 Å². The lowest BCUT2D eigenvalue weighted by molar-refractivity contribution is -0.117. The molecule has 2 rings (SSSR count).